The molecule has 0 spiro atoms. The van der Waals surface area contributed by atoms with Crippen LogP contribution in [0.3, 0.4) is 0 Å². The van der Waals surface area contributed by atoms with E-state index in [2.05, 4.69) is 4.33 Å². The first-order valence-electron chi connectivity index (χ1n) is 1.56. The molecule has 71 valence electrons. The molecule has 0 saturated heterocycles. The third kappa shape index (κ3) is 64.4. The van der Waals surface area contributed by atoms with Crippen molar-refractivity contribution < 1.29 is 40.1 Å². The van der Waals surface area contributed by atoms with Crippen molar-refractivity contribution in [1.82, 2.24) is 0 Å². The molecule has 4 N–H and O–H groups in total. The molecule has 0 aromatic rings. The summed E-state index contributed by atoms with van der Waals surface area (Å²) >= 11 is 0. The van der Waals surface area contributed by atoms with Gasteiger partial charge in [-0.1, -0.05) is 4.33 Å². The van der Waals surface area contributed by atoms with E-state index in [1.165, 1.54) is 0 Å². The van der Waals surface area contributed by atoms with Gasteiger partial charge in [0.15, 0.2) is 0 Å². The van der Waals surface area contributed by atoms with Crippen LogP contribution in [0.5, 0.6) is 0 Å². The van der Waals surface area contributed by atoms with Gasteiger partial charge in [-0.25, -0.2) is 5.26 Å². The first-order valence-corrected chi connectivity index (χ1v) is 4.33. The van der Waals surface area contributed by atoms with Crippen LogP contribution in [0, 0.1) is 0 Å². The third-order valence-corrected chi connectivity index (χ3v) is 0.283. The Labute approximate surface area is 111 Å². The normalized spacial score (nSPS) is 10.7. The first-order chi connectivity index (χ1) is 4.56. The van der Waals surface area contributed by atoms with Gasteiger partial charge in [0.25, 0.3) is 0 Å². The fraction of sp³-hybridized carbons (Fsp3) is 0. The molecule has 0 unspecified atom stereocenters. The SMILES string of the molecule is O=S(=O)(O)O.O=S(=O)(O)OO.[K]. The van der Waals surface area contributed by atoms with E-state index < -0.39 is 20.8 Å². The Morgan fingerprint density at radius 3 is 1.00 bits per heavy atom. The summed E-state index contributed by atoms with van der Waals surface area (Å²) in [5.74, 6) is 0. The van der Waals surface area contributed by atoms with Gasteiger partial charge < -0.3 is 0 Å². The van der Waals surface area contributed by atoms with Gasteiger partial charge in [0, 0.05) is 51.4 Å². The van der Waals surface area contributed by atoms with Crippen molar-refractivity contribution in [1.29, 1.82) is 0 Å². The second-order valence-electron chi connectivity index (χ2n) is 0.950. The average molecular weight is 251 g/mol. The molecular weight excluding hydrogens is 247 g/mol. The second-order valence-corrected chi connectivity index (χ2v) is 2.85. The third-order valence-electron chi connectivity index (χ3n) is 0.0942. The summed E-state index contributed by atoms with van der Waals surface area (Å²) in [6, 6.07) is 0. The molecule has 9 nitrogen and oxygen atoms in total. The fourth-order valence-corrected chi connectivity index (χ4v) is 0. The van der Waals surface area contributed by atoms with E-state index >= 15 is 0 Å². The van der Waals surface area contributed by atoms with Crippen LogP contribution in [0.15, 0.2) is 0 Å². The van der Waals surface area contributed by atoms with E-state index in [0.29, 0.717) is 0 Å². The van der Waals surface area contributed by atoms with E-state index in [1.807, 2.05) is 0 Å². The topological polar surface area (TPSA) is 158 Å². The minimum atomic E-state index is -4.67. The zero-order chi connectivity index (χ0) is 9.71. The predicted octanol–water partition coefficient (Wildman–Crippen LogP) is -1.75. The van der Waals surface area contributed by atoms with Crippen LogP contribution in [0.4, 0.5) is 0 Å². The zero-order valence-corrected chi connectivity index (χ0v) is 10.4. The Kier molecular flexibility index (Phi) is 12.2. The smallest absolute Gasteiger partial charge is 0.264 e. The number of rotatable bonds is 1. The quantitative estimate of drug-likeness (QED) is 0.183. The van der Waals surface area contributed by atoms with Gasteiger partial charge in [-0.15, -0.1) is 0 Å². The van der Waals surface area contributed by atoms with E-state index in [-0.39, 0.29) is 51.4 Å². The first kappa shape index (κ1) is 19.0. The fourth-order valence-electron chi connectivity index (χ4n) is 0. The van der Waals surface area contributed by atoms with Crippen molar-refractivity contribution in [3.8, 4) is 0 Å². The molecule has 0 aliphatic carbocycles. The van der Waals surface area contributed by atoms with Gasteiger partial charge in [0.1, 0.15) is 0 Å². The molecule has 0 amide bonds. The molecule has 0 aliphatic rings. The Bertz CT molecular complexity index is 260. The van der Waals surface area contributed by atoms with Crippen LogP contribution in [0.1, 0.15) is 0 Å². The predicted molar refractivity (Wildman–Crippen MR) is 35.2 cm³/mol. The van der Waals surface area contributed by atoms with Crippen molar-refractivity contribution in [2.45, 2.75) is 0 Å². The van der Waals surface area contributed by atoms with Gasteiger partial charge in [-0.05, 0) is 0 Å². The summed E-state index contributed by atoms with van der Waals surface area (Å²) < 4.78 is 59.5. The summed E-state index contributed by atoms with van der Waals surface area (Å²) in [6.45, 7) is 0. The maximum absolute atomic E-state index is 9.08. The second kappa shape index (κ2) is 7.71. The molecule has 0 aromatic heterocycles. The molecule has 0 bridgehead atoms. The summed E-state index contributed by atoms with van der Waals surface area (Å²) in [4.78, 5) is 0. The van der Waals surface area contributed by atoms with Crippen LogP contribution >= 0.6 is 0 Å². The molecule has 0 aliphatic heterocycles. The molecular formula is H4KO9S2. The van der Waals surface area contributed by atoms with Crippen LogP contribution in [-0.4, -0.2) is 87.1 Å². The van der Waals surface area contributed by atoms with Crippen molar-refractivity contribution >= 4 is 72.2 Å². The monoisotopic (exact) mass is 251 g/mol. The van der Waals surface area contributed by atoms with Crippen LogP contribution in [0.25, 0.3) is 0 Å². The van der Waals surface area contributed by atoms with Crippen molar-refractivity contribution in [3.05, 3.63) is 0 Å². The van der Waals surface area contributed by atoms with Gasteiger partial charge >= 0.3 is 20.8 Å². The van der Waals surface area contributed by atoms with E-state index in [0.717, 1.165) is 0 Å². The largest absolute Gasteiger partial charge is 0.423 e. The number of hydrogen-bond acceptors (Lipinski definition) is 6. The summed E-state index contributed by atoms with van der Waals surface area (Å²) in [5.41, 5.74) is 0. The molecule has 0 rings (SSSR count). The van der Waals surface area contributed by atoms with Gasteiger partial charge in [-0.2, -0.15) is 16.8 Å². The molecule has 0 saturated carbocycles. The van der Waals surface area contributed by atoms with Crippen LogP contribution < -0.4 is 0 Å². The minimum Gasteiger partial charge on any atom is -0.264 e. The van der Waals surface area contributed by atoms with Crippen LogP contribution in [-0.2, 0) is 25.1 Å². The van der Waals surface area contributed by atoms with Crippen molar-refractivity contribution in [2.24, 2.45) is 0 Å². The van der Waals surface area contributed by atoms with Gasteiger partial charge in [0.05, 0.1) is 0 Å². The van der Waals surface area contributed by atoms with Crippen molar-refractivity contribution in [3.63, 3.8) is 0 Å². The molecule has 0 fully saturated rings. The summed E-state index contributed by atoms with van der Waals surface area (Å²) in [7, 11) is -9.27. The molecule has 0 heterocycles. The Hall–Kier alpha value is 1.34. The Balaban J connectivity index is -0.000000126. The maximum Gasteiger partial charge on any atom is 0.423 e. The molecule has 1 radical (unpaired) electrons. The molecule has 0 aromatic carbocycles. The van der Waals surface area contributed by atoms with E-state index in [9.17, 15) is 0 Å². The zero-order valence-electron chi connectivity index (χ0n) is 5.65. The van der Waals surface area contributed by atoms with Crippen LogP contribution in [0.2, 0.25) is 0 Å². The average Bonchev–Trinajstić information content (AvgIpc) is 1.59. The number of hydrogen-bond donors (Lipinski definition) is 4. The maximum atomic E-state index is 9.08. The summed E-state index contributed by atoms with van der Waals surface area (Å²) in [5, 5.41) is 7.06. The molecule has 0 atom stereocenters. The van der Waals surface area contributed by atoms with E-state index in [4.69, 9.17) is 35.8 Å². The molecule has 12 heteroatoms. The minimum absolute atomic E-state index is 0. The Morgan fingerprint density at radius 1 is 0.917 bits per heavy atom. The van der Waals surface area contributed by atoms with E-state index in [1.54, 1.807) is 0 Å². The van der Waals surface area contributed by atoms with Gasteiger partial charge in [-0.3, -0.25) is 13.7 Å². The van der Waals surface area contributed by atoms with Gasteiger partial charge in [0.2, 0.25) is 0 Å². The standard InChI is InChI=1S/K.H2O5S.H2O4S/c;1-5-6(2,3)4;1-5(2,3)4/h;1H,(H,2,3,4);(H2,1,2,3,4). The Morgan fingerprint density at radius 2 is 1.00 bits per heavy atom. The van der Waals surface area contributed by atoms with Crippen molar-refractivity contribution in [2.75, 3.05) is 0 Å². The molecule has 12 heavy (non-hydrogen) atoms. The summed E-state index contributed by atoms with van der Waals surface area (Å²) in [6.07, 6.45) is 0.